The first-order chi connectivity index (χ1) is 9.19. The molecule has 0 aromatic rings. The predicted octanol–water partition coefficient (Wildman–Crippen LogP) is 2.60. The summed E-state index contributed by atoms with van der Waals surface area (Å²) in [6.45, 7) is 3.18. The van der Waals surface area contributed by atoms with Crippen LogP contribution in [0.2, 0.25) is 0 Å². The van der Waals surface area contributed by atoms with Crippen molar-refractivity contribution in [1.82, 2.24) is 10.6 Å². The molecule has 2 atom stereocenters. The van der Waals surface area contributed by atoms with Crippen LogP contribution in [0.25, 0.3) is 0 Å². The quantitative estimate of drug-likeness (QED) is 0.801. The van der Waals surface area contributed by atoms with Crippen molar-refractivity contribution in [2.45, 2.75) is 76.8 Å². The third-order valence-corrected chi connectivity index (χ3v) is 5.87. The lowest BCUT2D eigenvalue weighted by Crippen LogP contribution is -2.43. The van der Waals surface area contributed by atoms with Gasteiger partial charge in [-0.3, -0.25) is 4.79 Å². The van der Waals surface area contributed by atoms with E-state index in [-0.39, 0.29) is 0 Å². The summed E-state index contributed by atoms with van der Waals surface area (Å²) in [6, 6.07) is 1.40. The van der Waals surface area contributed by atoms with Gasteiger partial charge in [-0.05, 0) is 56.3 Å². The Kier molecular flexibility index (Phi) is 3.84. The number of rotatable bonds is 5. The van der Waals surface area contributed by atoms with Crippen molar-refractivity contribution in [3.63, 3.8) is 0 Å². The van der Waals surface area contributed by atoms with E-state index in [1.807, 2.05) is 0 Å². The second kappa shape index (κ2) is 5.43. The molecule has 2 bridgehead atoms. The smallest absolute Gasteiger partial charge is 0.220 e. The summed E-state index contributed by atoms with van der Waals surface area (Å²) >= 11 is 0. The van der Waals surface area contributed by atoms with Crippen molar-refractivity contribution in [3.8, 4) is 0 Å². The highest BCUT2D eigenvalue weighted by Crippen LogP contribution is 2.43. The summed E-state index contributed by atoms with van der Waals surface area (Å²) < 4.78 is 0. The van der Waals surface area contributed by atoms with Gasteiger partial charge in [-0.2, -0.15) is 0 Å². The molecule has 2 saturated heterocycles. The molecule has 108 valence electrons. The molecule has 1 aliphatic carbocycles. The first-order valence-electron chi connectivity index (χ1n) is 8.22. The molecule has 0 aromatic carbocycles. The van der Waals surface area contributed by atoms with E-state index < -0.39 is 0 Å². The Hall–Kier alpha value is -0.570. The van der Waals surface area contributed by atoms with E-state index in [2.05, 4.69) is 17.6 Å². The molecule has 3 rings (SSSR count). The van der Waals surface area contributed by atoms with Gasteiger partial charge in [0.1, 0.15) is 0 Å². The summed E-state index contributed by atoms with van der Waals surface area (Å²) in [6.07, 6.45) is 11.0. The van der Waals surface area contributed by atoms with Crippen molar-refractivity contribution in [1.29, 1.82) is 0 Å². The van der Waals surface area contributed by atoms with E-state index in [9.17, 15) is 4.79 Å². The number of nitrogens with one attached hydrogen (secondary N) is 2. The summed E-state index contributed by atoms with van der Waals surface area (Å²) in [4.78, 5) is 12.1. The summed E-state index contributed by atoms with van der Waals surface area (Å²) in [5, 5.41) is 6.86. The number of hydrogen-bond donors (Lipinski definition) is 2. The number of fused-ring (bicyclic) bond motifs is 2. The molecule has 19 heavy (non-hydrogen) atoms. The molecule has 1 amide bonds. The Morgan fingerprint density at radius 3 is 2.47 bits per heavy atom. The van der Waals surface area contributed by atoms with Crippen LogP contribution in [0.4, 0.5) is 0 Å². The molecule has 0 aromatic heterocycles. The Morgan fingerprint density at radius 2 is 1.95 bits per heavy atom. The van der Waals surface area contributed by atoms with Crippen LogP contribution in [0.5, 0.6) is 0 Å². The van der Waals surface area contributed by atoms with Gasteiger partial charge in [0.2, 0.25) is 5.91 Å². The van der Waals surface area contributed by atoms with Gasteiger partial charge >= 0.3 is 0 Å². The number of hydrogen-bond acceptors (Lipinski definition) is 2. The maximum absolute atomic E-state index is 12.1. The SMILES string of the molecule is CCC1(CNC(=O)CC2CC3CCC(C2)N3)CCC1. The maximum atomic E-state index is 12.1. The fourth-order valence-electron chi connectivity index (χ4n) is 4.29. The second-order valence-electron chi connectivity index (χ2n) is 7.16. The van der Waals surface area contributed by atoms with Gasteiger partial charge in [0, 0.05) is 25.0 Å². The number of carbonyl (C=O) groups excluding carboxylic acids is 1. The molecule has 2 N–H and O–H groups in total. The van der Waals surface area contributed by atoms with Crippen molar-refractivity contribution in [2.24, 2.45) is 11.3 Å². The lowest BCUT2D eigenvalue weighted by Gasteiger charge is -2.41. The van der Waals surface area contributed by atoms with Crippen molar-refractivity contribution in [2.75, 3.05) is 6.54 Å². The van der Waals surface area contributed by atoms with Gasteiger partial charge in [-0.15, -0.1) is 0 Å². The Morgan fingerprint density at radius 1 is 1.26 bits per heavy atom. The summed E-state index contributed by atoms with van der Waals surface area (Å²) in [5.41, 5.74) is 0.447. The van der Waals surface area contributed by atoms with Gasteiger partial charge in [0.15, 0.2) is 0 Å². The Bertz CT molecular complexity index is 320. The molecular formula is C16H28N2O. The Balaban J connectivity index is 1.41. The number of piperidine rings is 1. The van der Waals surface area contributed by atoms with Gasteiger partial charge in [-0.25, -0.2) is 0 Å². The van der Waals surface area contributed by atoms with Crippen LogP contribution in [-0.2, 0) is 4.79 Å². The van der Waals surface area contributed by atoms with Crippen molar-refractivity contribution < 1.29 is 4.79 Å². The molecule has 2 unspecified atom stereocenters. The molecular weight excluding hydrogens is 236 g/mol. The average Bonchev–Trinajstić information content (AvgIpc) is 2.68. The predicted molar refractivity (Wildman–Crippen MR) is 76.9 cm³/mol. The van der Waals surface area contributed by atoms with Crippen LogP contribution in [0.3, 0.4) is 0 Å². The van der Waals surface area contributed by atoms with Gasteiger partial charge in [0.05, 0.1) is 0 Å². The molecule has 2 heterocycles. The average molecular weight is 264 g/mol. The second-order valence-corrected chi connectivity index (χ2v) is 7.16. The third-order valence-electron chi connectivity index (χ3n) is 5.87. The summed E-state index contributed by atoms with van der Waals surface area (Å²) in [5.74, 6) is 0.920. The monoisotopic (exact) mass is 264 g/mol. The zero-order valence-electron chi connectivity index (χ0n) is 12.2. The van der Waals surface area contributed by atoms with E-state index in [1.54, 1.807) is 0 Å². The first kappa shape index (κ1) is 13.4. The number of carbonyl (C=O) groups is 1. The van der Waals surface area contributed by atoms with Crippen molar-refractivity contribution >= 4 is 5.91 Å². The van der Waals surface area contributed by atoms with Crippen molar-refractivity contribution in [3.05, 3.63) is 0 Å². The van der Waals surface area contributed by atoms with E-state index in [4.69, 9.17) is 0 Å². The molecule has 0 radical (unpaired) electrons. The molecule has 3 heteroatoms. The zero-order valence-corrected chi connectivity index (χ0v) is 12.2. The topological polar surface area (TPSA) is 41.1 Å². The minimum absolute atomic E-state index is 0.297. The van der Waals surface area contributed by atoms with Crippen LogP contribution < -0.4 is 10.6 Å². The van der Waals surface area contributed by atoms with E-state index in [1.165, 1.54) is 51.4 Å². The molecule has 3 nitrogen and oxygen atoms in total. The lowest BCUT2D eigenvalue weighted by atomic mass is 9.67. The normalized spacial score (nSPS) is 35.7. The third kappa shape index (κ3) is 2.96. The highest BCUT2D eigenvalue weighted by molar-refractivity contribution is 5.76. The van der Waals surface area contributed by atoms with E-state index in [0.717, 1.165) is 13.0 Å². The van der Waals surface area contributed by atoms with Crippen LogP contribution in [0.15, 0.2) is 0 Å². The molecule has 1 saturated carbocycles. The maximum Gasteiger partial charge on any atom is 0.220 e. The van der Waals surface area contributed by atoms with E-state index >= 15 is 0 Å². The van der Waals surface area contributed by atoms with Gasteiger partial charge in [0.25, 0.3) is 0 Å². The van der Waals surface area contributed by atoms with Crippen LogP contribution in [0, 0.1) is 11.3 Å². The van der Waals surface area contributed by atoms with Crippen LogP contribution in [0.1, 0.15) is 64.7 Å². The molecule has 3 fully saturated rings. The molecule has 0 spiro atoms. The summed E-state index contributed by atoms with van der Waals surface area (Å²) in [7, 11) is 0. The fraction of sp³-hybridized carbons (Fsp3) is 0.938. The largest absolute Gasteiger partial charge is 0.356 e. The highest BCUT2D eigenvalue weighted by atomic mass is 16.1. The number of amides is 1. The van der Waals surface area contributed by atoms with Crippen LogP contribution in [-0.4, -0.2) is 24.5 Å². The minimum atomic E-state index is 0.297. The van der Waals surface area contributed by atoms with Gasteiger partial charge < -0.3 is 10.6 Å². The molecule has 3 aliphatic rings. The lowest BCUT2D eigenvalue weighted by molar-refractivity contribution is -0.123. The Labute approximate surface area is 116 Å². The molecule has 2 aliphatic heterocycles. The fourth-order valence-corrected chi connectivity index (χ4v) is 4.29. The zero-order chi connectivity index (χ0) is 13.3. The van der Waals surface area contributed by atoms with Crippen LogP contribution >= 0.6 is 0 Å². The van der Waals surface area contributed by atoms with Gasteiger partial charge in [-0.1, -0.05) is 13.3 Å². The minimum Gasteiger partial charge on any atom is -0.356 e. The standard InChI is InChI=1S/C16H28N2O/c1-2-16(6-3-7-16)11-17-15(19)10-12-8-13-4-5-14(9-12)18-13/h12-14,18H,2-11H2,1H3,(H,17,19). The van der Waals surface area contributed by atoms with E-state index in [0.29, 0.717) is 29.3 Å². The highest BCUT2D eigenvalue weighted by Gasteiger charge is 2.36. The first-order valence-corrected chi connectivity index (χ1v) is 8.22.